The van der Waals surface area contributed by atoms with Crippen molar-refractivity contribution in [3.8, 4) is 0 Å². The molecule has 2 fully saturated rings. The number of rotatable bonds is 5. The smallest absolute Gasteiger partial charge is 0.225 e. The third kappa shape index (κ3) is 3.92. The minimum Gasteiger partial charge on any atom is -0.389 e. The fraction of sp³-hybridized carbons (Fsp3) is 0.583. The number of carbonyl (C=O) groups is 1. The van der Waals surface area contributed by atoms with Gasteiger partial charge < -0.3 is 14.6 Å². The Hall–Kier alpha value is -2.74. The number of carbonyl (C=O) groups excluding carboxylic acids is 1. The number of aliphatic hydroxyl groups is 1. The number of amides is 1. The Balaban J connectivity index is 1.35. The van der Waals surface area contributed by atoms with Crippen LogP contribution in [0.3, 0.4) is 0 Å². The quantitative estimate of drug-likeness (QED) is 0.664. The van der Waals surface area contributed by atoms with E-state index in [1.54, 1.807) is 0 Å². The van der Waals surface area contributed by atoms with Crippen molar-refractivity contribution in [1.29, 1.82) is 0 Å². The Morgan fingerprint density at radius 1 is 1.19 bits per heavy atom. The first-order chi connectivity index (χ1) is 15.4. The topological polar surface area (TPSA) is 88.5 Å². The van der Waals surface area contributed by atoms with Crippen molar-refractivity contribution in [3.63, 3.8) is 0 Å². The Labute approximate surface area is 188 Å². The molecule has 4 heterocycles. The van der Waals surface area contributed by atoms with E-state index in [9.17, 15) is 9.90 Å². The van der Waals surface area contributed by atoms with Crippen LogP contribution in [0.2, 0.25) is 0 Å². The van der Waals surface area contributed by atoms with E-state index in [2.05, 4.69) is 14.5 Å². The molecule has 1 aliphatic heterocycles. The number of aryl methyl sites for hydroxylation is 2. The van der Waals surface area contributed by atoms with E-state index in [1.165, 1.54) is 0 Å². The summed E-state index contributed by atoms with van der Waals surface area (Å²) in [5, 5.41) is 15.6. The number of aromatic nitrogens is 5. The second-order valence-corrected chi connectivity index (χ2v) is 9.56. The zero-order valence-electron chi connectivity index (χ0n) is 19.0. The van der Waals surface area contributed by atoms with Crippen molar-refractivity contribution in [2.24, 2.45) is 0 Å². The van der Waals surface area contributed by atoms with Crippen LogP contribution in [0.4, 0.5) is 0 Å². The van der Waals surface area contributed by atoms with Crippen LogP contribution in [0, 0.1) is 13.8 Å². The van der Waals surface area contributed by atoms with E-state index in [4.69, 9.17) is 5.10 Å². The van der Waals surface area contributed by atoms with Gasteiger partial charge in [-0.1, -0.05) is 19.3 Å². The summed E-state index contributed by atoms with van der Waals surface area (Å²) in [5.41, 5.74) is 3.21. The molecule has 1 saturated carbocycles. The minimum atomic E-state index is -0.809. The molecule has 3 aromatic rings. The lowest BCUT2D eigenvalue weighted by atomic mass is 9.82. The highest BCUT2D eigenvalue weighted by Crippen LogP contribution is 2.34. The molecular weight excluding hydrogens is 404 g/mol. The minimum absolute atomic E-state index is 0.0788. The van der Waals surface area contributed by atoms with Crippen LogP contribution in [0.15, 0.2) is 24.7 Å². The predicted molar refractivity (Wildman–Crippen MR) is 120 cm³/mol. The molecule has 1 aliphatic carbocycles. The summed E-state index contributed by atoms with van der Waals surface area (Å²) in [6.45, 7) is 6.10. The molecule has 2 aliphatic rings. The molecule has 0 aromatic carbocycles. The highest BCUT2D eigenvalue weighted by molar-refractivity contribution is 5.77. The van der Waals surface area contributed by atoms with Gasteiger partial charge in [-0.15, -0.1) is 0 Å². The first-order valence-electron chi connectivity index (χ1n) is 11.7. The molecule has 170 valence electrons. The van der Waals surface area contributed by atoms with Crippen molar-refractivity contribution in [2.75, 3.05) is 13.1 Å². The fourth-order valence-corrected chi connectivity index (χ4v) is 5.36. The number of nitrogens with zero attached hydrogens (tertiary/aromatic N) is 6. The van der Waals surface area contributed by atoms with Crippen LogP contribution in [0.1, 0.15) is 73.6 Å². The molecule has 1 amide bonds. The number of fused-ring (bicyclic) bond motifs is 1. The fourth-order valence-electron chi connectivity index (χ4n) is 5.36. The molecule has 0 spiro atoms. The van der Waals surface area contributed by atoms with Gasteiger partial charge in [-0.2, -0.15) is 5.10 Å². The van der Waals surface area contributed by atoms with Gasteiger partial charge in [0.05, 0.1) is 30.0 Å². The van der Waals surface area contributed by atoms with Crippen molar-refractivity contribution >= 4 is 11.6 Å². The molecule has 0 bridgehead atoms. The lowest BCUT2D eigenvalue weighted by Gasteiger charge is -2.32. The maximum Gasteiger partial charge on any atom is 0.225 e. The number of hydrogen-bond donors (Lipinski definition) is 1. The monoisotopic (exact) mass is 436 g/mol. The van der Waals surface area contributed by atoms with Crippen molar-refractivity contribution in [1.82, 2.24) is 29.0 Å². The van der Waals surface area contributed by atoms with E-state index in [1.807, 2.05) is 47.9 Å². The van der Waals surface area contributed by atoms with Gasteiger partial charge >= 0.3 is 0 Å². The summed E-state index contributed by atoms with van der Waals surface area (Å²) in [6.07, 6.45) is 11.5. The Morgan fingerprint density at radius 2 is 2.00 bits per heavy atom. The van der Waals surface area contributed by atoms with Gasteiger partial charge in [0.25, 0.3) is 0 Å². The van der Waals surface area contributed by atoms with Gasteiger partial charge in [0, 0.05) is 43.2 Å². The maximum absolute atomic E-state index is 12.9. The largest absolute Gasteiger partial charge is 0.389 e. The summed E-state index contributed by atoms with van der Waals surface area (Å²) >= 11 is 0. The van der Waals surface area contributed by atoms with Crippen molar-refractivity contribution < 1.29 is 9.90 Å². The molecule has 8 nitrogen and oxygen atoms in total. The Morgan fingerprint density at radius 3 is 2.75 bits per heavy atom. The summed E-state index contributed by atoms with van der Waals surface area (Å²) in [7, 11) is 0. The number of imidazole rings is 1. The summed E-state index contributed by atoms with van der Waals surface area (Å²) < 4.78 is 4.06. The normalized spacial score (nSPS) is 20.8. The SMILES string of the molecule is Cc1nn2c(C3CCN(C(=O)CC4(O)CCCCC4)C3)ccnc2c1Cn1ccnc1C. The number of likely N-dealkylation sites (tertiary alicyclic amines) is 1. The third-order valence-corrected chi connectivity index (χ3v) is 7.32. The summed E-state index contributed by atoms with van der Waals surface area (Å²) in [4.78, 5) is 23.8. The Kier molecular flexibility index (Phi) is 5.49. The third-order valence-electron chi connectivity index (χ3n) is 7.32. The van der Waals surface area contributed by atoms with Crippen LogP contribution in [0.25, 0.3) is 5.65 Å². The van der Waals surface area contributed by atoms with Gasteiger partial charge in [0.15, 0.2) is 5.65 Å². The molecule has 1 saturated heterocycles. The molecule has 1 atom stereocenters. The zero-order valence-corrected chi connectivity index (χ0v) is 19.0. The second-order valence-electron chi connectivity index (χ2n) is 9.56. The molecule has 32 heavy (non-hydrogen) atoms. The van der Waals surface area contributed by atoms with Gasteiger partial charge in [-0.25, -0.2) is 14.5 Å². The number of hydrogen-bond acceptors (Lipinski definition) is 5. The molecule has 8 heteroatoms. The molecule has 1 unspecified atom stereocenters. The highest BCUT2D eigenvalue weighted by Gasteiger charge is 2.36. The van der Waals surface area contributed by atoms with E-state index >= 15 is 0 Å². The lowest BCUT2D eigenvalue weighted by molar-refractivity contribution is -0.136. The molecule has 1 N–H and O–H groups in total. The molecule has 0 radical (unpaired) electrons. The van der Waals surface area contributed by atoms with Gasteiger partial charge in [0.2, 0.25) is 5.91 Å². The highest BCUT2D eigenvalue weighted by atomic mass is 16.3. The summed E-state index contributed by atoms with van der Waals surface area (Å²) in [5.74, 6) is 1.26. The average molecular weight is 437 g/mol. The van der Waals surface area contributed by atoms with E-state index < -0.39 is 5.60 Å². The first-order valence-corrected chi connectivity index (χ1v) is 11.7. The molecule has 5 rings (SSSR count). The molecule has 3 aromatic heterocycles. The van der Waals surface area contributed by atoms with Crippen molar-refractivity contribution in [3.05, 3.63) is 47.4 Å². The average Bonchev–Trinajstić information content (AvgIpc) is 3.48. The van der Waals surface area contributed by atoms with E-state index in [0.717, 1.165) is 73.5 Å². The van der Waals surface area contributed by atoms with Gasteiger partial charge in [-0.05, 0) is 39.2 Å². The van der Waals surface area contributed by atoms with Crippen LogP contribution in [-0.2, 0) is 11.3 Å². The van der Waals surface area contributed by atoms with Crippen LogP contribution in [0.5, 0.6) is 0 Å². The van der Waals surface area contributed by atoms with Crippen LogP contribution in [-0.4, -0.2) is 58.8 Å². The van der Waals surface area contributed by atoms with Gasteiger partial charge in [0.1, 0.15) is 5.82 Å². The first kappa shape index (κ1) is 21.1. The predicted octanol–water partition coefficient (Wildman–Crippen LogP) is 2.99. The second kappa shape index (κ2) is 8.31. The standard InChI is InChI=1S/C24H32N6O2/c1-17-20(16-28-13-11-25-18(28)2)23-26-10-6-21(30(23)27-17)19-7-12-29(15-19)22(31)14-24(32)8-4-3-5-9-24/h6,10-11,13,19,32H,3-5,7-9,12,14-16H2,1-2H3. The van der Waals surface area contributed by atoms with Gasteiger partial charge in [-0.3, -0.25) is 4.79 Å². The maximum atomic E-state index is 12.9. The van der Waals surface area contributed by atoms with Crippen LogP contribution >= 0.6 is 0 Å². The Bertz CT molecular complexity index is 1130. The lowest BCUT2D eigenvalue weighted by Crippen LogP contribution is -2.39. The van der Waals surface area contributed by atoms with Crippen LogP contribution < -0.4 is 0 Å². The zero-order chi connectivity index (χ0) is 22.3. The van der Waals surface area contributed by atoms with Crippen molar-refractivity contribution in [2.45, 2.75) is 76.9 Å². The van der Waals surface area contributed by atoms with E-state index in [-0.39, 0.29) is 18.2 Å². The van der Waals surface area contributed by atoms with E-state index in [0.29, 0.717) is 13.1 Å². The summed E-state index contributed by atoms with van der Waals surface area (Å²) in [6, 6.07) is 2.03. The molecular formula is C24H32N6O2.